The normalized spacial score (nSPS) is 11.6. The first-order chi connectivity index (χ1) is 8.81. The number of sulfonamides is 1. The molecule has 0 radical (unpaired) electrons. The quantitative estimate of drug-likeness (QED) is 0.836. The van der Waals surface area contributed by atoms with Crippen molar-refractivity contribution in [1.82, 2.24) is 20.0 Å². The summed E-state index contributed by atoms with van der Waals surface area (Å²) < 4.78 is 28.2. The van der Waals surface area contributed by atoms with Gasteiger partial charge in [0.25, 0.3) is 10.0 Å². The third-order valence-electron chi connectivity index (χ3n) is 2.31. The Bertz CT molecular complexity index is 711. The van der Waals surface area contributed by atoms with Crippen molar-refractivity contribution >= 4 is 43.2 Å². The Hall–Kier alpha value is -1.19. The fourth-order valence-corrected chi connectivity index (χ4v) is 3.86. The van der Waals surface area contributed by atoms with E-state index < -0.39 is 10.0 Å². The molecule has 2 heterocycles. The van der Waals surface area contributed by atoms with E-state index in [2.05, 4.69) is 35.9 Å². The van der Waals surface area contributed by atoms with Crippen molar-refractivity contribution in [2.24, 2.45) is 7.05 Å². The molecule has 2 aromatic rings. The van der Waals surface area contributed by atoms with Crippen molar-refractivity contribution in [3.8, 4) is 0 Å². The van der Waals surface area contributed by atoms with Gasteiger partial charge in [-0.1, -0.05) is 16.8 Å². The van der Waals surface area contributed by atoms with E-state index in [9.17, 15) is 8.42 Å². The van der Waals surface area contributed by atoms with Gasteiger partial charge in [-0.3, -0.25) is 4.72 Å². The Balaban J connectivity index is 2.42. The lowest BCUT2D eigenvalue weighted by Gasteiger charge is -2.10. The molecular weight excluding hydrogens is 358 g/mol. The highest BCUT2D eigenvalue weighted by Gasteiger charge is 2.24. The number of halogens is 2. The van der Waals surface area contributed by atoms with Crippen LogP contribution in [0.2, 0.25) is 5.15 Å². The first-order valence-electron chi connectivity index (χ1n) is 5.01. The molecule has 19 heavy (non-hydrogen) atoms. The van der Waals surface area contributed by atoms with Crippen LogP contribution in [0.15, 0.2) is 21.9 Å². The van der Waals surface area contributed by atoms with Crippen molar-refractivity contribution in [1.29, 1.82) is 0 Å². The molecule has 0 unspecified atom stereocenters. The van der Waals surface area contributed by atoms with Crippen molar-refractivity contribution < 1.29 is 8.42 Å². The Kier molecular flexibility index (Phi) is 3.79. The van der Waals surface area contributed by atoms with E-state index in [1.807, 2.05) is 0 Å². The van der Waals surface area contributed by atoms with Crippen molar-refractivity contribution in [3.63, 3.8) is 0 Å². The van der Waals surface area contributed by atoms with Gasteiger partial charge in [0.05, 0.1) is 11.9 Å². The lowest BCUT2D eigenvalue weighted by molar-refractivity contribution is 0.578. The number of aromatic nitrogens is 4. The summed E-state index contributed by atoms with van der Waals surface area (Å²) in [5.41, 5.74) is 1.01. The van der Waals surface area contributed by atoms with Crippen LogP contribution in [0, 0.1) is 6.92 Å². The van der Waals surface area contributed by atoms with Crippen LogP contribution < -0.4 is 4.72 Å². The molecular formula is C9H9BrClN5O2S. The molecule has 10 heteroatoms. The summed E-state index contributed by atoms with van der Waals surface area (Å²) in [5.74, 6) is 0. The number of hydrogen-bond acceptors (Lipinski definition) is 5. The van der Waals surface area contributed by atoms with Gasteiger partial charge in [-0.2, -0.15) is 8.42 Å². The average molecular weight is 367 g/mol. The van der Waals surface area contributed by atoms with Crippen LogP contribution in [-0.4, -0.2) is 28.4 Å². The standard InChI is InChI=1S/C9H9BrClN5O2S/c1-5-3-7(11)12-4-6(5)14-19(17,18)9-8(10)13-15-16(9)2/h3-4,14H,1-2H3. The predicted octanol–water partition coefficient (Wildman–Crippen LogP) is 1.74. The first kappa shape index (κ1) is 14.2. The van der Waals surface area contributed by atoms with Crippen LogP contribution in [0.1, 0.15) is 5.56 Å². The maximum atomic E-state index is 12.2. The van der Waals surface area contributed by atoms with Crippen LogP contribution in [0.3, 0.4) is 0 Å². The second kappa shape index (κ2) is 5.06. The molecule has 2 aromatic heterocycles. The van der Waals surface area contributed by atoms with Gasteiger partial charge in [-0.15, -0.1) is 5.10 Å². The van der Waals surface area contributed by atoms with Gasteiger partial charge >= 0.3 is 0 Å². The van der Waals surface area contributed by atoms with Gasteiger partial charge in [-0.05, 0) is 34.5 Å². The zero-order chi connectivity index (χ0) is 14.2. The van der Waals surface area contributed by atoms with Gasteiger partial charge in [-0.25, -0.2) is 9.67 Å². The Morgan fingerprint density at radius 3 is 2.68 bits per heavy atom. The zero-order valence-corrected chi connectivity index (χ0v) is 13.1. The monoisotopic (exact) mass is 365 g/mol. The number of pyridine rings is 1. The van der Waals surface area contributed by atoms with Crippen molar-refractivity contribution in [2.75, 3.05) is 4.72 Å². The number of nitrogens with one attached hydrogen (secondary N) is 1. The zero-order valence-electron chi connectivity index (χ0n) is 9.92. The lowest BCUT2D eigenvalue weighted by atomic mass is 10.3. The number of nitrogens with zero attached hydrogens (tertiary/aromatic N) is 4. The summed E-state index contributed by atoms with van der Waals surface area (Å²) >= 11 is 8.76. The molecule has 0 aliphatic carbocycles. The molecule has 102 valence electrons. The average Bonchev–Trinajstić information content (AvgIpc) is 2.63. The van der Waals surface area contributed by atoms with Crippen molar-refractivity contribution in [2.45, 2.75) is 11.9 Å². The maximum absolute atomic E-state index is 12.2. The molecule has 0 spiro atoms. The van der Waals surface area contributed by atoms with Crippen LogP contribution in [-0.2, 0) is 17.1 Å². The molecule has 2 rings (SSSR count). The van der Waals surface area contributed by atoms with E-state index in [4.69, 9.17) is 11.6 Å². The fraction of sp³-hybridized carbons (Fsp3) is 0.222. The topological polar surface area (TPSA) is 89.8 Å². The highest BCUT2D eigenvalue weighted by atomic mass is 79.9. The molecule has 0 saturated heterocycles. The van der Waals surface area contributed by atoms with Crippen LogP contribution >= 0.6 is 27.5 Å². The fourth-order valence-electron chi connectivity index (χ4n) is 1.43. The molecule has 0 fully saturated rings. The number of rotatable bonds is 3. The maximum Gasteiger partial charge on any atom is 0.281 e. The Morgan fingerprint density at radius 1 is 1.47 bits per heavy atom. The largest absolute Gasteiger partial charge is 0.281 e. The minimum absolute atomic E-state index is 0.0677. The predicted molar refractivity (Wildman–Crippen MR) is 73.5 cm³/mol. The van der Waals surface area contributed by atoms with E-state index in [-0.39, 0.29) is 9.63 Å². The van der Waals surface area contributed by atoms with E-state index in [1.54, 1.807) is 13.0 Å². The van der Waals surface area contributed by atoms with Gasteiger partial charge < -0.3 is 0 Å². The highest BCUT2D eigenvalue weighted by molar-refractivity contribution is 9.10. The number of hydrogen-bond donors (Lipinski definition) is 1. The van der Waals surface area contributed by atoms with E-state index >= 15 is 0 Å². The van der Waals surface area contributed by atoms with Gasteiger partial charge in [0.2, 0.25) is 5.03 Å². The summed E-state index contributed by atoms with van der Waals surface area (Å²) in [7, 11) is -2.32. The highest BCUT2D eigenvalue weighted by Crippen LogP contribution is 2.23. The summed E-state index contributed by atoms with van der Waals surface area (Å²) in [4.78, 5) is 3.84. The third-order valence-corrected chi connectivity index (χ3v) is 4.77. The van der Waals surface area contributed by atoms with Gasteiger partial charge in [0.1, 0.15) is 5.15 Å². The Labute approximate surface area is 123 Å². The minimum Gasteiger partial charge on any atom is -0.276 e. The molecule has 1 N–H and O–H groups in total. The van der Waals surface area contributed by atoms with E-state index in [0.29, 0.717) is 16.4 Å². The van der Waals surface area contributed by atoms with Crippen LogP contribution in [0.4, 0.5) is 5.69 Å². The third kappa shape index (κ3) is 2.88. The summed E-state index contributed by atoms with van der Waals surface area (Å²) in [6.07, 6.45) is 1.35. The molecule has 0 atom stereocenters. The van der Waals surface area contributed by atoms with Crippen LogP contribution in [0.25, 0.3) is 0 Å². The van der Waals surface area contributed by atoms with Crippen LogP contribution in [0.5, 0.6) is 0 Å². The summed E-state index contributed by atoms with van der Waals surface area (Å²) in [5, 5.41) is 7.49. The van der Waals surface area contributed by atoms with Gasteiger partial charge in [0, 0.05) is 7.05 Å². The number of aryl methyl sites for hydroxylation is 2. The van der Waals surface area contributed by atoms with E-state index in [1.165, 1.54) is 13.2 Å². The molecule has 0 saturated carbocycles. The smallest absolute Gasteiger partial charge is 0.276 e. The Morgan fingerprint density at radius 2 is 2.16 bits per heavy atom. The molecule has 0 bridgehead atoms. The van der Waals surface area contributed by atoms with Crippen molar-refractivity contribution in [3.05, 3.63) is 27.6 Å². The first-order valence-corrected chi connectivity index (χ1v) is 7.67. The molecule has 0 aliphatic rings. The molecule has 7 nitrogen and oxygen atoms in total. The number of anilines is 1. The lowest BCUT2D eigenvalue weighted by Crippen LogP contribution is -2.18. The summed E-state index contributed by atoms with van der Waals surface area (Å²) in [6.45, 7) is 1.72. The second-order valence-corrected chi connectivity index (χ2v) is 6.47. The summed E-state index contributed by atoms with van der Waals surface area (Å²) in [6, 6.07) is 1.57. The molecule has 0 amide bonds. The van der Waals surface area contributed by atoms with Gasteiger partial charge in [0.15, 0.2) is 4.60 Å². The minimum atomic E-state index is -3.81. The molecule has 0 aliphatic heterocycles. The second-order valence-electron chi connectivity index (χ2n) is 3.74. The molecule has 0 aromatic carbocycles. The SMILES string of the molecule is Cc1cc(Cl)ncc1NS(=O)(=O)c1c(Br)nnn1C. The van der Waals surface area contributed by atoms with E-state index in [0.717, 1.165) is 4.68 Å².